The molecule has 0 spiro atoms. The molecule has 1 aliphatic heterocycles. The fraction of sp³-hybridized carbons (Fsp3) is 0.235. The van der Waals surface area contributed by atoms with Crippen LogP contribution in [0.1, 0.15) is 17.9 Å². The summed E-state index contributed by atoms with van der Waals surface area (Å²) in [4.78, 5) is 25.3. The highest BCUT2D eigenvalue weighted by Crippen LogP contribution is 2.27. The van der Waals surface area contributed by atoms with Crippen LogP contribution >= 0.6 is 24.0 Å². The highest BCUT2D eigenvalue weighted by atomic mass is 32.2. The monoisotopic (exact) mass is 360 g/mol. The van der Waals surface area contributed by atoms with E-state index in [1.165, 1.54) is 16.7 Å². The van der Waals surface area contributed by atoms with E-state index in [-0.39, 0.29) is 11.8 Å². The summed E-state index contributed by atoms with van der Waals surface area (Å²) in [5, 5.41) is 2.84. The van der Waals surface area contributed by atoms with Crippen LogP contribution in [0.4, 0.5) is 11.4 Å². The van der Waals surface area contributed by atoms with E-state index in [1.54, 1.807) is 24.3 Å². The predicted molar refractivity (Wildman–Crippen MR) is 99.4 cm³/mol. The van der Waals surface area contributed by atoms with Gasteiger partial charge in [-0.15, -0.1) is 0 Å². The molecule has 24 heavy (non-hydrogen) atoms. The number of hydrogen-bond donors (Lipinski definition) is 1. The van der Waals surface area contributed by atoms with Crippen LogP contribution in [-0.2, 0) is 16.0 Å². The van der Waals surface area contributed by atoms with Gasteiger partial charge in [-0.25, -0.2) is 0 Å². The average Bonchev–Trinajstić information content (AvgIpc) is 3.12. The minimum absolute atomic E-state index is 0.0180. The molecule has 1 aromatic carbocycles. The van der Waals surface area contributed by atoms with Crippen molar-refractivity contribution < 1.29 is 14.0 Å². The third-order valence-corrected chi connectivity index (χ3v) is 4.91. The van der Waals surface area contributed by atoms with Crippen molar-refractivity contribution in [2.75, 3.05) is 16.0 Å². The summed E-state index contributed by atoms with van der Waals surface area (Å²) in [5.74, 6) is 1.92. The number of rotatable bonds is 5. The number of hydrogen-bond acceptors (Lipinski definition) is 5. The van der Waals surface area contributed by atoms with Crippen molar-refractivity contribution >= 4 is 51.5 Å². The minimum atomic E-state index is -0.0832. The van der Waals surface area contributed by atoms with Crippen LogP contribution < -0.4 is 10.2 Å². The van der Waals surface area contributed by atoms with Crippen molar-refractivity contribution in [2.24, 2.45) is 0 Å². The Kier molecular flexibility index (Phi) is 5.01. The maximum absolute atomic E-state index is 12.0. The minimum Gasteiger partial charge on any atom is -0.466 e. The second-order valence-electron chi connectivity index (χ2n) is 5.39. The summed E-state index contributed by atoms with van der Waals surface area (Å²) in [5.41, 5.74) is 1.41. The number of carbonyl (C=O) groups is 2. The molecule has 2 heterocycles. The Morgan fingerprint density at radius 2 is 2.04 bits per heavy atom. The zero-order chi connectivity index (χ0) is 17.1. The first-order valence-corrected chi connectivity index (χ1v) is 8.87. The SMILES string of the molecule is Cc1ccc(CCC(=O)Nc2ccc(N3C(=O)CSC3=S)cc2)o1. The van der Waals surface area contributed by atoms with Gasteiger partial charge < -0.3 is 9.73 Å². The van der Waals surface area contributed by atoms with E-state index in [4.69, 9.17) is 16.6 Å². The van der Waals surface area contributed by atoms with Crippen LogP contribution in [0.5, 0.6) is 0 Å². The van der Waals surface area contributed by atoms with Gasteiger partial charge in [0.15, 0.2) is 0 Å². The molecule has 1 saturated heterocycles. The van der Waals surface area contributed by atoms with E-state index in [0.717, 1.165) is 17.2 Å². The van der Waals surface area contributed by atoms with E-state index in [0.29, 0.717) is 28.6 Å². The van der Waals surface area contributed by atoms with Crippen molar-refractivity contribution in [1.29, 1.82) is 0 Å². The first kappa shape index (κ1) is 16.7. The highest BCUT2D eigenvalue weighted by molar-refractivity contribution is 8.24. The molecule has 5 nitrogen and oxygen atoms in total. The fourth-order valence-electron chi connectivity index (χ4n) is 2.38. The number of amides is 2. The van der Waals surface area contributed by atoms with Crippen molar-refractivity contribution in [3.63, 3.8) is 0 Å². The van der Waals surface area contributed by atoms with Gasteiger partial charge in [0.1, 0.15) is 15.8 Å². The van der Waals surface area contributed by atoms with Gasteiger partial charge >= 0.3 is 0 Å². The Morgan fingerprint density at radius 3 is 2.62 bits per heavy atom. The molecular formula is C17H16N2O3S2. The highest BCUT2D eigenvalue weighted by Gasteiger charge is 2.27. The lowest BCUT2D eigenvalue weighted by Crippen LogP contribution is -2.27. The fourth-order valence-corrected chi connectivity index (χ4v) is 3.47. The lowest BCUT2D eigenvalue weighted by molar-refractivity contribution is -0.116. The third-order valence-electron chi connectivity index (χ3n) is 3.55. The summed E-state index contributed by atoms with van der Waals surface area (Å²) < 4.78 is 6.01. The number of aryl methyl sites for hydroxylation is 2. The smallest absolute Gasteiger partial charge is 0.243 e. The molecule has 3 rings (SSSR count). The van der Waals surface area contributed by atoms with Crippen molar-refractivity contribution in [2.45, 2.75) is 19.8 Å². The first-order valence-electron chi connectivity index (χ1n) is 7.48. The zero-order valence-corrected chi connectivity index (χ0v) is 14.7. The van der Waals surface area contributed by atoms with E-state index in [9.17, 15) is 9.59 Å². The molecule has 2 aromatic rings. The average molecular weight is 360 g/mol. The first-order chi connectivity index (χ1) is 11.5. The van der Waals surface area contributed by atoms with Gasteiger partial charge in [0.05, 0.1) is 11.4 Å². The Hall–Kier alpha value is -2.12. The quantitative estimate of drug-likeness (QED) is 0.827. The van der Waals surface area contributed by atoms with Crippen LogP contribution in [0.3, 0.4) is 0 Å². The number of nitrogens with zero attached hydrogens (tertiary/aromatic N) is 1. The van der Waals surface area contributed by atoms with Gasteiger partial charge in [0.2, 0.25) is 11.8 Å². The van der Waals surface area contributed by atoms with Crippen LogP contribution in [0, 0.1) is 6.92 Å². The van der Waals surface area contributed by atoms with E-state index in [1.807, 2.05) is 19.1 Å². The molecule has 1 fully saturated rings. The lowest BCUT2D eigenvalue weighted by atomic mass is 10.2. The normalized spacial score (nSPS) is 14.3. The molecule has 1 N–H and O–H groups in total. The topological polar surface area (TPSA) is 62.6 Å². The van der Waals surface area contributed by atoms with Gasteiger partial charge in [-0.3, -0.25) is 14.5 Å². The van der Waals surface area contributed by atoms with Crippen molar-refractivity contribution in [3.05, 3.63) is 47.9 Å². The molecule has 7 heteroatoms. The summed E-state index contributed by atoms with van der Waals surface area (Å²) in [7, 11) is 0. The number of thioether (sulfide) groups is 1. The van der Waals surface area contributed by atoms with Gasteiger partial charge in [0.25, 0.3) is 0 Å². The molecular weight excluding hydrogens is 344 g/mol. The summed E-state index contributed by atoms with van der Waals surface area (Å²) >= 11 is 6.53. The number of carbonyl (C=O) groups excluding carboxylic acids is 2. The number of anilines is 2. The number of nitrogens with one attached hydrogen (secondary N) is 1. The predicted octanol–water partition coefficient (Wildman–Crippen LogP) is 3.52. The van der Waals surface area contributed by atoms with Gasteiger partial charge in [-0.1, -0.05) is 24.0 Å². The van der Waals surface area contributed by atoms with Crippen LogP contribution in [-0.4, -0.2) is 21.9 Å². The Labute approximate surface area is 149 Å². The van der Waals surface area contributed by atoms with Gasteiger partial charge in [0, 0.05) is 18.5 Å². The Morgan fingerprint density at radius 1 is 1.29 bits per heavy atom. The summed E-state index contributed by atoms with van der Waals surface area (Å²) in [6, 6.07) is 10.9. The molecule has 0 radical (unpaired) electrons. The third kappa shape index (κ3) is 3.85. The van der Waals surface area contributed by atoms with Gasteiger partial charge in [-0.05, 0) is 43.3 Å². The molecule has 0 atom stereocenters. The number of furan rings is 1. The zero-order valence-electron chi connectivity index (χ0n) is 13.1. The molecule has 124 valence electrons. The molecule has 1 aliphatic rings. The van der Waals surface area contributed by atoms with Crippen LogP contribution in [0.15, 0.2) is 40.8 Å². The van der Waals surface area contributed by atoms with Gasteiger partial charge in [-0.2, -0.15) is 0 Å². The maximum atomic E-state index is 12.0. The van der Waals surface area contributed by atoms with Crippen LogP contribution in [0.2, 0.25) is 0 Å². The maximum Gasteiger partial charge on any atom is 0.243 e. The van der Waals surface area contributed by atoms with E-state index in [2.05, 4.69) is 5.32 Å². The number of benzene rings is 1. The molecule has 2 amide bonds. The number of thiocarbonyl (C=S) groups is 1. The van der Waals surface area contributed by atoms with Crippen molar-refractivity contribution in [3.8, 4) is 0 Å². The largest absolute Gasteiger partial charge is 0.466 e. The molecule has 0 unspecified atom stereocenters. The molecule has 0 bridgehead atoms. The second-order valence-corrected chi connectivity index (χ2v) is 7.00. The summed E-state index contributed by atoms with van der Waals surface area (Å²) in [6.45, 7) is 1.88. The molecule has 1 aromatic heterocycles. The standard InChI is InChI=1S/C17H16N2O3S2/c1-11-2-7-14(22-11)8-9-15(20)18-12-3-5-13(6-4-12)19-16(21)10-24-17(19)23/h2-7H,8-10H2,1H3,(H,18,20). The van der Waals surface area contributed by atoms with E-state index >= 15 is 0 Å². The van der Waals surface area contributed by atoms with Crippen LogP contribution in [0.25, 0.3) is 0 Å². The van der Waals surface area contributed by atoms with E-state index < -0.39 is 0 Å². The molecule has 0 saturated carbocycles. The lowest BCUT2D eigenvalue weighted by Gasteiger charge is -2.15. The summed E-state index contributed by atoms with van der Waals surface area (Å²) in [6.07, 6.45) is 0.908. The Bertz CT molecular complexity index is 767. The molecule has 0 aliphatic carbocycles. The second kappa shape index (κ2) is 7.19. The Balaban J connectivity index is 1.56. The van der Waals surface area contributed by atoms with Crippen molar-refractivity contribution in [1.82, 2.24) is 0 Å².